The van der Waals surface area contributed by atoms with Gasteiger partial charge in [-0.2, -0.15) is 0 Å². The van der Waals surface area contributed by atoms with E-state index in [0.717, 1.165) is 13.0 Å². The summed E-state index contributed by atoms with van der Waals surface area (Å²) >= 11 is 0. The molecule has 0 aromatic rings. The topological polar surface area (TPSA) is 29.5 Å². The molecular weight excluding hydrogens is 166 g/mol. The monoisotopic (exact) mass is 185 g/mol. The fourth-order valence-electron chi connectivity index (χ4n) is 1.86. The Labute approximate surface area is 80.1 Å². The standard InChI is InChI=1S/C10H19NO2/c1-9(2)8(12)11(4)7-6-10(9,3)13-5/h6-7H2,1-5H3. The van der Waals surface area contributed by atoms with E-state index < -0.39 is 5.41 Å². The van der Waals surface area contributed by atoms with E-state index in [4.69, 9.17) is 4.74 Å². The second-order valence-electron chi connectivity index (χ2n) is 4.54. The molecule has 13 heavy (non-hydrogen) atoms. The Bertz CT molecular complexity index is 225. The minimum atomic E-state index is -0.422. The highest BCUT2D eigenvalue weighted by Crippen LogP contribution is 2.41. The van der Waals surface area contributed by atoms with Crippen molar-refractivity contribution < 1.29 is 9.53 Å². The normalized spacial score (nSPS) is 33.6. The Balaban J connectivity index is 2.99. The van der Waals surface area contributed by atoms with Crippen molar-refractivity contribution in [2.75, 3.05) is 20.7 Å². The molecule has 1 saturated heterocycles. The van der Waals surface area contributed by atoms with Crippen LogP contribution < -0.4 is 0 Å². The molecule has 1 aliphatic rings. The summed E-state index contributed by atoms with van der Waals surface area (Å²) in [7, 11) is 3.53. The molecule has 3 heteroatoms. The summed E-state index contributed by atoms with van der Waals surface area (Å²) < 4.78 is 5.47. The van der Waals surface area contributed by atoms with Gasteiger partial charge in [-0.15, -0.1) is 0 Å². The molecule has 1 amide bonds. The maximum Gasteiger partial charge on any atom is 0.230 e. The van der Waals surface area contributed by atoms with Gasteiger partial charge in [0.25, 0.3) is 0 Å². The van der Waals surface area contributed by atoms with Crippen molar-refractivity contribution in [2.45, 2.75) is 32.8 Å². The second-order valence-corrected chi connectivity index (χ2v) is 4.54. The molecule has 0 spiro atoms. The number of rotatable bonds is 1. The number of carbonyl (C=O) groups excluding carboxylic acids is 1. The average Bonchev–Trinajstić information content (AvgIpc) is 2.09. The number of likely N-dealkylation sites (tertiary alicyclic amines) is 1. The zero-order valence-electron chi connectivity index (χ0n) is 9.18. The van der Waals surface area contributed by atoms with Gasteiger partial charge in [0, 0.05) is 20.7 Å². The molecule has 0 radical (unpaired) electrons. The zero-order chi connectivity index (χ0) is 10.3. The number of hydrogen-bond donors (Lipinski definition) is 0. The van der Waals surface area contributed by atoms with Crippen molar-refractivity contribution in [1.29, 1.82) is 0 Å². The van der Waals surface area contributed by atoms with Gasteiger partial charge >= 0.3 is 0 Å². The number of piperidine rings is 1. The molecule has 0 aromatic heterocycles. The molecule has 0 N–H and O–H groups in total. The number of ether oxygens (including phenoxy) is 1. The third-order valence-electron chi connectivity index (χ3n) is 3.58. The number of amides is 1. The van der Waals surface area contributed by atoms with Crippen LogP contribution in [0.3, 0.4) is 0 Å². The smallest absolute Gasteiger partial charge is 0.230 e. The third kappa shape index (κ3) is 1.35. The molecule has 1 fully saturated rings. The predicted molar refractivity (Wildman–Crippen MR) is 51.4 cm³/mol. The Morgan fingerprint density at radius 3 is 2.38 bits per heavy atom. The van der Waals surface area contributed by atoms with Crippen LogP contribution in [-0.2, 0) is 9.53 Å². The summed E-state index contributed by atoms with van der Waals surface area (Å²) in [5, 5.41) is 0. The molecule has 1 unspecified atom stereocenters. The quantitative estimate of drug-likeness (QED) is 0.616. The molecule has 0 aromatic carbocycles. The maximum absolute atomic E-state index is 11.9. The van der Waals surface area contributed by atoms with Crippen LogP contribution in [0, 0.1) is 5.41 Å². The van der Waals surface area contributed by atoms with E-state index in [2.05, 4.69) is 0 Å². The fourth-order valence-corrected chi connectivity index (χ4v) is 1.86. The van der Waals surface area contributed by atoms with Crippen molar-refractivity contribution >= 4 is 5.91 Å². The Morgan fingerprint density at radius 1 is 1.38 bits per heavy atom. The molecule has 3 nitrogen and oxygen atoms in total. The first-order valence-corrected chi connectivity index (χ1v) is 4.66. The predicted octanol–water partition coefficient (Wildman–Crippen LogP) is 1.28. The number of carbonyl (C=O) groups is 1. The van der Waals surface area contributed by atoms with Gasteiger partial charge in [-0.05, 0) is 27.2 Å². The van der Waals surface area contributed by atoms with Crippen molar-refractivity contribution in [3.05, 3.63) is 0 Å². The maximum atomic E-state index is 11.9. The first-order valence-electron chi connectivity index (χ1n) is 4.66. The summed E-state index contributed by atoms with van der Waals surface area (Å²) in [4.78, 5) is 13.6. The van der Waals surface area contributed by atoms with Gasteiger partial charge in [-0.3, -0.25) is 4.79 Å². The second kappa shape index (κ2) is 2.98. The lowest BCUT2D eigenvalue weighted by Gasteiger charge is -2.48. The molecule has 0 aliphatic carbocycles. The van der Waals surface area contributed by atoms with Crippen LogP contribution >= 0.6 is 0 Å². The molecule has 1 rings (SSSR count). The van der Waals surface area contributed by atoms with Gasteiger partial charge in [-0.1, -0.05) is 0 Å². The fraction of sp³-hybridized carbons (Fsp3) is 0.900. The highest BCUT2D eigenvalue weighted by molar-refractivity contribution is 5.84. The molecule has 1 aliphatic heterocycles. The van der Waals surface area contributed by atoms with Crippen LogP contribution in [0.4, 0.5) is 0 Å². The van der Waals surface area contributed by atoms with E-state index in [1.807, 2.05) is 27.8 Å². The van der Waals surface area contributed by atoms with Crippen LogP contribution in [0.15, 0.2) is 0 Å². The van der Waals surface area contributed by atoms with Crippen LogP contribution in [0.25, 0.3) is 0 Å². The largest absolute Gasteiger partial charge is 0.377 e. The summed E-state index contributed by atoms with van der Waals surface area (Å²) in [6.45, 7) is 6.70. The highest BCUT2D eigenvalue weighted by Gasteiger charge is 2.51. The molecule has 76 valence electrons. The van der Waals surface area contributed by atoms with Crippen molar-refractivity contribution in [3.8, 4) is 0 Å². The van der Waals surface area contributed by atoms with Crippen molar-refractivity contribution in [2.24, 2.45) is 5.41 Å². The SMILES string of the molecule is COC1(C)CCN(C)C(=O)C1(C)C. The van der Waals surface area contributed by atoms with E-state index in [1.54, 1.807) is 12.0 Å². The Morgan fingerprint density at radius 2 is 1.92 bits per heavy atom. The van der Waals surface area contributed by atoms with Gasteiger partial charge in [0.2, 0.25) is 5.91 Å². The third-order valence-corrected chi connectivity index (χ3v) is 3.58. The lowest BCUT2D eigenvalue weighted by Crippen LogP contribution is -2.59. The van der Waals surface area contributed by atoms with Crippen LogP contribution in [-0.4, -0.2) is 37.1 Å². The number of methoxy groups -OCH3 is 1. The van der Waals surface area contributed by atoms with Gasteiger partial charge in [0.15, 0.2) is 0 Å². The van der Waals surface area contributed by atoms with Crippen LogP contribution in [0.5, 0.6) is 0 Å². The highest BCUT2D eigenvalue weighted by atomic mass is 16.5. The Hall–Kier alpha value is -0.570. The lowest BCUT2D eigenvalue weighted by atomic mass is 9.70. The first kappa shape index (κ1) is 10.5. The molecule has 1 heterocycles. The Kier molecular flexibility index (Phi) is 2.41. The van der Waals surface area contributed by atoms with Gasteiger partial charge < -0.3 is 9.64 Å². The molecule has 1 atom stereocenters. The van der Waals surface area contributed by atoms with Crippen molar-refractivity contribution in [3.63, 3.8) is 0 Å². The summed E-state index contributed by atoms with van der Waals surface area (Å²) in [6, 6.07) is 0. The first-order chi connectivity index (χ1) is 5.85. The molecule has 0 bridgehead atoms. The van der Waals surface area contributed by atoms with E-state index in [-0.39, 0.29) is 11.5 Å². The summed E-state index contributed by atoms with van der Waals surface area (Å²) in [6.07, 6.45) is 0.902. The minimum Gasteiger partial charge on any atom is -0.377 e. The van der Waals surface area contributed by atoms with Crippen molar-refractivity contribution in [1.82, 2.24) is 4.90 Å². The van der Waals surface area contributed by atoms with E-state index >= 15 is 0 Å². The summed E-state index contributed by atoms with van der Waals surface area (Å²) in [5.41, 5.74) is -0.745. The van der Waals surface area contributed by atoms with Crippen LogP contribution in [0.1, 0.15) is 27.2 Å². The molecular formula is C10H19NO2. The van der Waals surface area contributed by atoms with Gasteiger partial charge in [0.1, 0.15) is 0 Å². The lowest BCUT2D eigenvalue weighted by molar-refractivity contribution is -0.171. The van der Waals surface area contributed by atoms with Gasteiger partial charge in [0.05, 0.1) is 11.0 Å². The minimum absolute atomic E-state index is 0.170. The zero-order valence-corrected chi connectivity index (χ0v) is 9.18. The van der Waals surface area contributed by atoms with Gasteiger partial charge in [-0.25, -0.2) is 0 Å². The van der Waals surface area contributed by atoms with Crippen LogP contribution in [0.2, 0.25) is 0 Å². The molecule has 0 saturated carbocycles. The summed E-state index contributed by atoms with van der Waals surface area (Å²) in [5.74, 6) is 0.170. The number of nitrogens with zero attached hydrogens (tertiary/aromatic N) is 1. The number of hydrogen-bond acceptors (Lipinski definition) is 2. The van der Waals surface area contributed by atoms with E-state index in [0.29, 0.717) is 0 Å². The average molecular weight is 185 g/mol. The van der Waals surface area contributed by atoms with E-state index in [1.165, 1.54) is 0 Å². The van der Waals surface area contributed by atoms with E-state index in [9.17, 15) is 4.79 Å².